The maximum Gasteiger partial charge on any atom is 0.262 e. The standard InChI is InChI=1S/C28H28FN3O/c1-18-7-13-23(14-8-18)31(3)24-15-16-26-25(17-24)28(33)32(19(2)30-26)27(20-5-4-6-20)21-9-11-22(29)12-10-21/h7-17,20,27H,4-6H2,1-3H3. The molecular weight excluding hydrogens is 413 g/mol. The molecule has 1 saturated carbocycles. The highest BCUT2D eigenvalue weighted by Crippen LogP contribution is 2.40. The Morgan fingerprint density at radius 1 is 0.970 bits per heavy atom. The van der Waals surface area contributed by atoms with Crippen molar-refractivity contribution < 1.29 is 4.39 Å². The predicted octanol–water partition coefficient (Wildman–Crippen LogP) is 6.31. The predicted molar refractivity (Wildman–Crippen MR) is 132 cm³/mol. The molecule has 0 saturated heterocycles. The van der Waals surface area contributed by atoms with E-state index in [1.807, 2.05) is 36.7 Å². The normalized spacial score (nSPS) is 14.8. The number of anilines is 2. The molecule has 0 aliphatic heterocycles. The molecule has 0 amide bonds. The fourth-order valence-electron chi connectivity index (χ4n) is 4.80. The van der Waals surface area contributed by atoms with Gasteiger partial charge >= 0.3 is 0 Å². The second-order valence-corrected chi connectivity index (χ2v) is 9.12. The molecule has 5 rings (SSSR count). The monoisotopic (exact) mass is 441 g/mol. The van der Waals surface area contributed by atoms with Gasteiger partial charge in [-0.15, -0.1) is 0 Å². The first-order valence-electron chi connectivity index (χ1n) is 11.5. The molecule has 1 heterocycles. The van der Waals surface area contributed by atoms with Crippen LogP contribution in [0.1, 0.15) is 42.3 Å². The van der Waals surface area contributed by atoms with Crippen LogP contribution < -0.4 is 10.5 Å². The molecule has 0 spiro atoms. The Kier molecular flexibility index (Phi) is 5.49. The van der Waals surface area contributed by atoms with Crippen LogP contribution in [-0.2, 0) is 0 Å². The summed E-state index contributed by atoms with van der Waals surface area (Å²) < 4.78 is 15.4. The Balaban J connectivity index is 1.63. The molecule has 4 nitrogen and oxygen atoms in total. The molecule has 0 bridgehead atoms. The Labute approximate surface area is 193 Å². The van der Waals surface area contributed by atoms with Gasteiger partial charge in [0.25, 0.3) is 5.56 Å². The minimum Gasteiger partial charge on any atom is -0.345 e. The van der Waals surface area contributed by atoms with Gasteiger partial charge in [-0.25, -0.2) is 9.37 Å². The summed E-state index contributed by atoms with van der Waals surface area (Å²) in [4.78, 5) is 20.7. The molecule has 1 aromatic heterocycles. The number of halogens is 1. The second-order valence-electron chi connectivity index (χ2n) is 9.12. The van der Waals surface area contributed by atoms with Gasteiger partial charge in [0.15, 0.2) is 0 Å². The van der Waals surface area contributed by atoms with Crippen LogP contribution >= 0.6 is 0 Å². The zero-order valence-electron chi connectivity index (χ0n) is 19.3. The summed E-state index contributed by atoms with van der Waals surface area (Å²) in [5.74, 6) is 0.772. The van der Waals surface area contributed by atoms with E-state index < -0.39 is 0 Å². The zero-order valence-corrected chi connectivity index (χ0v) is 19.3. The average Bonchev–Trinajstić information content (AvgIpc) is 2.78. The summed E-state index contributed by atoms with van der Waals surface area (Å²) in [6.07, 6.45) is 3.27. The summed E-state index contributed by atoms with van der Waals surface area (Å²) in [5.41, 5.74) is 4.80. The van der Waals surface area contributed by atoms with Crippen molar-refractivity contribution in [3.8, 4) is 0 Å². The summed E-state index contributed by atoms with van der Waals surface area (Å²) in [6, 6.07) is 20.6. The van der Waals surface area contributed by atoms with Gasteiger partial charge in [-0.1, -0.05) is 36.2 Å². The average molecular weight is 442 g/mol. The molecule has 3 aromatic carbocycles. The van der Waals surface area contributed by atoms with Gasteiger partial charge in [0, 0.05) is 18.4 Å². The van der Waals surface area contributed by atoms with E-state index in [2.05, 4.69) is 36.1 Å². The van der Waals surface area contributed by atoms with Gasteiger partial charge < -0.3 is 4.90 Å². The van der Waals surface area contributed by atoms with E-state index in [0.717, 1.165) is 36.2 Å². The SMILES string of the molecule is Cc1ccc(N(C)c2ccc3nc(C)n(C(c4ccc(F)cc4)C4CCC4)c(=O)c3c2)cc1. The first kappa shape index (κ1) is 21.4. The quantitative estimate of drug-likeness (QED) is 0.364. The maximum absolute atomic E-state index is 13.9. The topological polar surface area (TPSA) is 38.1 Å². The van der Waals surface area contributed by atoms with Gasteiger partial charge in [-0.05, 0) is 80.6 Å². The Hall–Kier alpha value is -3.47. The maximum atomic E-state index is 13.9. The number of hydrogen-bond acceptors (Lipinski definition) is 3. The van der Waals surface area contributed by atoms with E-state index in [9.17, 15) is 9.18 Å². The van der Waals surface area contributed by atoms with Crippen molar-refractivity contribution in [1.82, 2.24) is 9.55 Å². The Morgan fingerprint density at radius 3 is 2.27 bits per heavy atom. The lowest BCUT2D eigenvalue weighted by molar-refractivity contribution is 0.231. The number of rotatable bonds is 5. The smallest absolute Gasteiger partial charge is 0.262 e. The Bertz CT molecular complexity index is 1360. The largest absolute Gasteiger partial charge is 0.345 e. The second kappa shape index (κ2) is 8.47. The summed E-state index contributed by atoms with van der Waals surface area (Å²) in [5, 5.41) is 0.600. The van der Waals surface area contributed by atoms with Gasteiger partial charge in [0.1, 0.15) is 11.6 Å². The van der Waals surface area contributed by atoms with Crippen LogP contribution in [-0.4, -0.2) is 16.6 Å². The van der Waals surface area contributed by atoms with Crippen LogP contribution in [0.25, 0.3) is 10.9 Å². The highest BCUT2D eigenvalue weighted by atomic mass is 19.1. The van der Waals surface area contributed by atoms with Crippen LogP contribution in [0.3, 0.4) is 0 Å². The van der Waals surface area contributed by atoms with Crippen molar-refractivity contribution in [3.63, 3.8) is 0 Å². The molecule has 33 heavy (non-hydrogen) atoms. The van der Waals surface area contributed by atoms with E-state index in [4.69, 9.17) is 4.98 Å². The van der Waals surface area contributed by atoms with E-state index in [-0.39, 0.29) is 17.4 Å². The fraction of sp³-hybridized carbons (Fsp3) is 0.286. The van der Waals surface area contributed by atoms with Crippen molar-refractivity contribution in [2.45, 2.75) is 39.2 Å². The first-order valence-corrected chi connectivity index (χ1v) is 11.5. The van der Waals surface area contributed by atoms with Crippen molar-refractivity contribution in [1.29, 1.82) is 0 Å². The molecule has 1 unspecified atom stereocenters. The van der Waals surface area contributed by atoms with Crippen molar-refractivity contribution >= 4 is 22.3 Å². The van der Waals surface area contributed by atoms with Crippen molar-refractivity contribution in [2.75, 3.05) is 11.9 Å². The molecule has 1 atom stereocenters. The van der Waals surface area contributed by atoms with Crippen molar-refractivity contribution in [2.24, 2.45) is 5.92 Å². The fourth-order valence-corrected chi connectivity index (χ4v) is 4.80. The van der Waals surface area contributed by atoms with Gasteiger partial charge in [0.05, 0.1) is 16.9 Å². The Morgan fingerprint density at radius 2 is 1.64 bits per heavy atom. The molecule has 0 N–H and O–H groups in total. The molecule has 0 radical (unpaired) electrons. The third-order valence-electron chi connectivity index (χ3n) is 6.95. The third kappa shape index (κ3) is 3.92. The lowest BCUT2D eigenvalue weighted by Crippen LogP contribution is -2.35. The van der Waals surface area contributed by atoms with E-state index in [1.54, 1.807) is 12.1 Å². The summed E-state index contributed by atoms with van der Waals surface area (Å²) >= 11 is 0. The number of aromatic nitrogens is 2. The molecule has 4 aromatic rings. The van der Waals surface area contributed by atoms with Crippen LogP contribution in [0.5, 0.6) is 0 Å². The van der Waals surface area contributed by atoms with E-state index >= 15 is 0 Å². The highest BCUT2D eigenvalue weighted by molar-refractivity contribution is 5.83. The summed E-state index contributed by atoms with van der Waals surface area (Å²) in [7, 11) is 2.00. The molecule has 1 aliphatic rings. The lowest BCUT2D eigenvalue weighted by atomic mass is 9.77. The number of nitrogens with zero attached hydrogens (tertiary/aromatic N) is 3. The number of benzene rings is 3. The minimum absolute atomic E-state index is 0.0436. The molecular formula is C28H28FN3O. The zero-order chi connectivity index (χ0) is 23.1. The summed E-state index contributed by atoms with van der Waals surface area (Å²) in [6.45, 7) is 3.96. The van der Waals surface area contributed by atoms with Crippen LogP contribution in [0.4, 0.5) is 15.8 Å². The van der Waals surface area contributed by atoms with E-state index in [0.29, 0.717) is 22.6 Å². The van der Waals surface area contributed by atoms with Gasteiger partial charge in [-0.2, -0.15) is 0 Å². The number of aryl methyl sites for hydroxylation is 2. The minimum atomic E-state index is -0.268. The van der Waals surface area contributed by atoms with Gasteiger partial charge in [0.2, 0.25) is 0 Å². The number of hydrogen-bond donors (Lipinski definition) is 0. The molecule has 1 fully saturated rings. The van der Waals surface area contributed by atoms with Crippen LogP contribution in [0.2, 0.25) is 0 Å². The van der Waals surface area contributed by atoms with Crippen molar-refractivity contribution in [3.05, 3.63) is 99.9 Å². The molecule has 1 aliphatic carbocycles. The van der Waals surface area contributed by atoms with E-state index in [1.165, 1.54) is 17.7 Å². The highest BCUT2D eigenvalue weighted by Gasteiger charge is 2.32. The third-order valence-corrected chi connectivity index (χ3v) is 6.95. The number of fused-ring (bicyclic) bond motifs is 1. The van der Waals surface area contributed by atoms with Gasteiger partial charge in [-0.3, -0.25) is 9.36 Å². The first-order chi connectivity index (χ1) is 15.9. The van der Waals surface area contributed by atoms with Crippen LogP contribution in [0, 0.1) is 25.6 Å². The molecule has 5 heteroatoms. The molecule has 168 valence electrons. The van der Waals surface area contributed by atoms with Crippen LogP contribution in [0.15, 0.2) is 71.5 Å². The lowest BCUT2D eigenvalue weighted by Gasteiger charge is -2.36.